The van der Waals surface area contributed by atoms with Crippen LogP contribution >= 0.6 is 0 Å². The van der Waals surface area contributed by atoms with E-state index in [9.17, 15) is 0 Å². The van der Waals surface area contributed by atoms with Crippen molar-refractivity contribution in [2.75, 3.05) is 4.90 Å². The van der Waals surface area contributed by atoms with Crippen LogP contribution in [0.2, 0.25) is 0 Å². The zero-order chi connectivity index (χ0) is 41.4. The lowest BCUT2D eigenvalue weighted by atomic mass is 9.82. The number of fused-ring (bicyclic) bond motifs is 7. The molecule has 0 spiro atoms. The van der Waals surface area contributed by atoms with Crippen molar-refractivity contribution >= 4 is 49.8 Å². The summed E-state index contributed by atoms with van der Waals surface area (Å²) in [6.07, 6.45) is 2.21. The van der Waals surface area contributed by atoms with Crippen molar-refractivity contribution in [3.8, 4) is 44.8 Å². The Morgan fingerprint density at radius 3 is 1.69 bits per heavy atom. The third kappa shape index (κ3) is 5.73. The van der Waals surface area contributed by atoms with Gasteiger partial charge < -0.3 is 14.0 Å². The molecule has 3 nitrogen and oxygen atoms in total. The number of para-hydroxylation sites is 2. The molecule has 0 bridgehead atoms. The molecule has 2 aromatic heterocycles. The summed E-state index contributed by atoms with van der Waals surface area (Å²) in [6.45, 7) is 4.77. The summed E-state index contributed by atoms with van der Waals surface area (Å²) < 4.78 is 4.74. The molecule has 2 heterocycles. The fourth-order valence-corrected chi connectivity index (χ4v) is 10.0. The molecule has 0 saturated carbocycles. The van der Waals surface area contributed by atoms with Gasteiger partial charge in [0.25, 0.3) is 0 Å². The molecule has 0 saturated heterocycles. The van der Waals surface area contributed by atoms with Gasteiger partial charge >= 0.3 is 0 Å². The van der Waals surface area contributed by atoms with Gasteiger partial charge in [0.05, 0.1) is 16.6 Å². The minimum Gasteiger partial charge on any atom is -0.317 e. The molecule has 0 aliphatic heterocycles. The fourth-order valence-electron chi connectivity index (χ4n) is 10.0. The predicted octanol–water partition coefficient (Wildman–Crippen LogP) is 15.8. The lowest BCUT2D eigenvalue weighted by Crippen LogP contribution is -2.17. The van der Waals surface area contributed by atoms with Crippen molar-refractivity contribution in [1.82, 2.24) is 9.13 Å². The van der Waals surface area contributed by atoms with E-state index in [1.165, 1.54) is 82.9 Å². The summed E-state index contributed by atoms with van der Waals surface area (Å²) in [5.41, 5.74) is 19.2. The maximum Gasteiger partial charge on any atom is 0.0561 e. The number of hydrogen-bond acceptors (Lipinski definition) is 1. The number of hydrogen-bond donors (Lipinski definition) is 0. The Morgan fingerprint density at radius 1 is 0.371 bits per heavy atom. The summed E-state index contributed by atoms with van der Waals surface area (Å²) >= 11 is 0. The average molecular weight is 794 g/mol. The standard InChI is InChI=1S/C59H43N3/c1-59(2)54-37-47(60-35-34-44-36-43(24-33-56(44)60)41-16-8-4-9-17-41)27-30-50(54)51-31-28-48(38-55(51)59)61(46-25-22-42(23-26-46)40-14-6-3-7-15-40)49-29-32-53-52-20-12-13-21-57(52)62(58(53)39-49)45-18-10-5-11-19-45/h3-39H,1-2H3. The maximum absolute atomic E-state index is 2.44. The molecule has 3 heteroatoms. The third-order valence-electron chi connectivity index (χ3n) is 13.1. The van der Waals surface area contributed by atoms with Crippen LogP contribution < -0.4 is 4.90 Å². The van der Waals surface area contributed by atoms with Gasteiger partial charge in [0.2, 0.25) is 0 Å². The Hall–Kier alpha value is -7.88. The van der Waals surface area contributed by atoms with Gasteiger partial charge in [-0.1, -0.05) is 147 Å². The summed E-state index contributed by atoms with van der Waals surface area (Å²) in [6, 6.07) is 79.9. The second kappa shape index (κ2) is 14.1. The first-order valence-electron chi connectivity index (χ1n) is 21.5. The van der Waals surface area contributed by atoms with Crippen LogP contribution in [0.25, 0.3) is 77.5 Å². The average Bonchev–Trinajstić information content (AvgIpc) is 3.97. The Bertz CT molecular complexity index is 3470. The SMILES string of the molecule is CC1(C)c2cc(N(c3ccc(-c4ccccc4)cc3)c3ccc4c5ccccc5n(-c5ccccc5)c4c3)ccc2-c2ccc(-n3ccc4cc(-c5ccccc5)ccc43)cc21. The van der Waals surface area contributed by atoms with Gasteiger partial charge in [0.1, 0.15) is 0 Å². The molecule has 9 aromatic carbocycles. The fraction of sp³-hybridized carbons (Fsp3) is 0.0508. The van der Waals surface area contributed by atoms with Crippen molar-refractivity contribution in [1.29, 1.82) is 0 Å². The summed E-state index contributed by atoms with van der Waals surface area (Å²) in [4.78, 5) is 2.43. The molecule has 0 N–H and O–H groups in total. The maximum atomic E-state index is 2.44. The Morgan fingerprint density at radius 2 is 0.935 bits per heavy atom. The molecule has 1 aliphatic carbocycles. The molecule has 62 heavy (non-hydrogen) atoms. The van der Waals surface area contributed by atoms with Crippen molar-refractivity contribution in [2.45, 2.75) is 19.3 Å². The van der Waals surface area contributed by atoms with Crippen LogP contribution in [0.3, 0.4) is 0 Å². The summed E-state index contributed by atoms with van der Waals surface area (Å²) in [5, 5.41) is 3.72. The molecular formula is C59H43N3. The van der Waals surface area contributed by atoms with Gasteiger partial charge in [-0.2, -0.15) is 0 Å². The lowest BCUT2D eigenvalue weighted by Gasteiger charge is -2.28. The first-order chi connectivity index (χ1) is 30.5. The van der Waals surface area contributed by atoms with Crippen molar-refractivity contribution < 1.29 is 0 Å². The van der Waals surface area contributed by atoms with Crippen LogP contribution in [-0.2, 0) is 5.41 Å². The second-order valence-corrected chi connectivity index (χ2v) is 17.0. The minimum absolute atomic E-state index is 0.230. The molecule has 0 unspecified atom stereocenters. The molecular weight excluding hydrogens is 751 g/mol. The monoisotopic (exact) mass is 793 g/mol. The van der Waals surface area contributed by atoms with Crippen LogP contribution in [0, 0.1) is 0 Å². The summed E-state index contributed by atoms with van der Waals surface area (Å²) in [5.74, 6) is 0. The van der Waals surface area contributed by atoms with E-state index < -0.39 is 0 Å². The van der Waals surface area contributed by atoms with E-state index in [0.29, 0.717) is 0 Å². The molecule has 0 amide bonds. The van der Waals surface area contributed by atoms with Gasteiger partial charge in [-0.3, -0.25) is 0 Å². The first kappa shape index (κ1) is 36.0. The largest absolute Gasteiger partial charge is 0.317 e. The molecule has 1 aliphatic rings. The third-order valence-corrected chi connectivity index (χ3v) is 13.1. The first-order valence-corrected chi connectivity index (χ1v) is 21.5. The van der Waals surface area contributed by atoms with Crippen molar-refractivity contribution in [3.05, 3.63) is 236 Å². The van der Waals surface area contributed by atoms with E-state index in [2.05, 4.69) is 252 Å². The zero-order valence-corrected chi connectivity index (χ0v) is 34.7. The second-order valence-electron chi connectivity index (χ2n) is 17.0. The molecule has 11 aromatic rings. The highest BCUT2D eigenvalue weighted by atomic mass is 15.1. The van der Waals surface area contributed by atoms with Crippen LogP contribution in [-0.4, -0.2) is 9.13 Å². The normalized spacial score (nSPS) is 12.8. The van der Waals surface area contributed by atoms with Crippen LogP contribution in [0.5, 0.6) is 0 Å². The van der Waals surface area contributed by atoms with E-state index >= 15 is 0 Å². The van der Waals surface area contributed by atoms with Crippen LogP contribution in [0.1, 0.15) is 25.0 Å². The Labute approximate surface area is 362 Å². The molecule has 0 fully saturated rings. The van der Waals surface area contributed by atoms with Gasteiger partial charge in [0.15, 0.2) is 0 Å². The van der Waals surface area contributed by atoms with Gasteiger partial charge in [0, 0.05) is 56.2 Å². The number of benzene rings is 9. The Kier molecular flexibility index (Phi) is 8.20. The highest BCUT2D eigenvalue weighted by Crippen LogP contribution is 2.52. The highest BCUT2D eigenvalue weighted by molar-refractivity contribution is 6.10. The van der Waals surface area contributed by atoms with E-state index in [4.69, 9.17) is 0 Å². The van der Waals surface area contributed by atoms with Gasteiger partial charge in [-0.25, -0.2) is 0 Å². The van der Waals surface area contributed by atoms with E-state index in [-0.39, 0.29) is 5.41 Å². The predicted molar refractivity (Wildman–Crippen MR) is 261 cm³/mol. The quantitative estimate of drug-likeness (QED) is 0.157. The van der Waals surface area contributed by atoms with Gasteiger partial charge in [-0.15, -0.1) is 0 Å². The lowest BCUT2D eigenvalue weighted by molar-refractivity contribution is 0.660. The van der Waals surface area contributed by atoms with E-state index in [1.54, 1.807) is 0 Å². The number of nitrogens with zero attached hydrogens (tertiary/aromatic N) is 3. The molecule has 294 valence electrons. The number of aromatic nitrogens is 2. The topological polar surface area (TPSA) is 13.1 Å². The zero-order valence-electron chi connectivity index (χ0n) is 34.7. The molecule has 0 radical (unpaired) electrons. The number of rotatable bonds is 7. The summed E-state index contributed by atoms with van der Waals surface area (Å²) in [7, 11) is 0. The van der Waals surface area contributed by atoms with Gasteiger partial charge in [-0.05, 0) is 129 Å². The van der Waals surface area contributed by atoms with E-state index in [1.807, 2.05) is 0 Å². The van der Waals surface area contributed by atoms with Crippen LogP contribution in [0.15, 0.2) is 225 Å². The smallest absolute Gasteiger partial charge is 0.0561 e. The molecule has 0 atom stereocenters. The minimum atomic E-state index is -0.230. The molecule has 12 rings (SSSR count). The van der Waals surface area contributed by atoms with Crippen LogP contribution in [0.4, 0.5) is 17.1 Å². The van der Waals surface area contributed by atoms with Crippen molar-refractivity contribution in [3.63, 3.8) is 0 Å². The van der Waals surface area contributed by atoms with E-state index in [0.717, 1.165) is 22.7 Å². The highest BCUT2D eigenvalue weighted by Gasteiger charge is 2.36. The number of anilines is 3. The van der Waals surface area contributed by atoms with Crippen molar-refractivity contribution in [2.24, 2.45) is 0 Å². The Balaban J connectivity index is 0.977.